The van der Waals surface area contributed by atoms with Crippen LogP contribution in [0.5, 0.6) is 0 Å². The highest BCUT2D eigenvalue weighted by atomic mass is 28.3. The highest BCUT2D eigenvalue weighted by Gasteiger charge is 2.61. The predicted molar refractivity (Wildman–Crippen MR) is 64.9 cm³/mol. The first-order valence-electron chi connectivity index (χ1n) is 5.66. The zero-order valence-electron chi connectivity index (χ0n) is 10.7. The molecule has 4 heteroatoms. The molecule has 1 aliphatic rings. The number of carbonyl (C=O) groups is 1. The summed E-state index contributed by atoms with van der Waals surface area (Å²) in [7, 11) is -1.26. The molecular formula is C11H23NO2Si. The molecule has 0 bridgehead atoms. The molecule has 3 nitrogen and oxygen atoms in total. The van der Waals surface area contributed by atoms with E-state index in [-0.39, 0.29) is 5.54 Å². The second-order valence-corrected chi connectivity index (χ2v) is 9.16. The Morgan fingerprint density at radius 3 is 2.07 bits per heavy atom. The molecule has 0 aliphatic carbocycles. The van der Waals surface area contributed by atoms with Gasteiger partial charge in [-0.25, -0.2) is 0 Å². The molecule has 15 heavy (non-hydrogen) atoms. The molecule has 0 spiro atoms. The SMILES string of the molecule is C[C@H]1CN(C(C)(C)C)[C@]1(C(=O)O)[SiH](C)C. The van der Waals surface area contributed by atoms with Gasteiger partial charge in [-0.05, 0) is 26.7 Å². The quantitative estimate of drug-likeness (QED) is 0.731. The lowest BCUT2D eigenvalue weighted by atomic mass is 9.83. The van der Waals surface area contributed by atoms with Gasteiger partial charge < -0.3 is 5.11 Å². The molecule has 2 atom stereocenters. The number of rotatable bonds is 2. The first-order valence-corrected chi connectivity index (χ1v) is 8.55. The molecule has 0 aromatic rings. The van der Waals surface area contributed by atoms with Crippen LogP contribution in [0.3, 0.4) is 0 Å². The third-order valence-electron chi connectivity index (χ3n) is 3.69. The van der Waals surface area contributed by atoms with Gasteiger partial charge in [-0.1, -0.05) is 20.0 Å². The van der Waals surface area contributed by atoms with Gasteiger partial charge in [-0.3, -0.25) is 9.69 Å². The summed E-state index contributed by atoms with van der Waals surface area (Å²) in [5.41, 5.74) is -0.0395. The molecule has 88 valence electrons. The van der Waals surface area contributed by atoms with Gasteiger partial charge in [0.05, 0.1) is 8.80 Å². The van der Waals surface area contributed by atoms with Gasteiger partial charge in [0.1, 0.15) is 5.16 Å². The van der Waals surface area contributed by atoms with E-state index >= 15 is 0 Å². The Bertz CT molecular complexity index is 265. The lowest BCUT2D eigenvalue weighted by Crippen LogP contribution is -2.79. The van der Waals surface area contributed by atoms with Crippen LogP contribution in [0.15, 0.2) is 0 Å². The summed E-state index contributed by atoms with van der Waals surface area (Å²) in [5.74, 6) is -0.321. The minimum atomic E-state index is -1.26. The van der Waals surface area contributed by atoms with Crippen molar-refractivity contribution < 1.29 is 9.90 Å². The van der Waals surface area contributed by atoms with Gasteiger partial charge in [-0.2, -0.15) is 0 Å². The molecular weight excluding hydrogens is 206 g/mol. The Hall–Kier alpha value is -0.353. The number of hydrogen-bond acceptors (Lipinski definition) is 2. The van der Waals surface area contributed by atoms with E-state index in [0.29, 0.717) is 5.92 Å². The van der Waals surface area contributed by atoms with Crippen LogP contribution in [0.1, 0.15) is 27.7 Å². The van der Waals surface area contributed by atoms with Crippen LogP contribution in [-0.2, 0) is 4.79 Å². The van der Waals surface area contributed by atoms with Crippen molar-refractivity contribution in [3.8, 4) is 0 Å². The summed E-state index contributed by atoms with van der Waals surface area (Å²) < 4.78 is 0. The monoisotopic (exact) mass is 229 g/mol. The fourth-order valence-corrected chi connectivity index (χ4v) is 5.85. The van der Waals surface area contributed by atoms with Crippen molar-refractivity contribution in [1.29, 1.82) is 0 Å². The first-order chi connectivity index (χ1) is 6.65. The van der Waals surface area contributed by atoms with Crippen LogP contribution in [0, 0.1) is 5.92 Å². The molecule has 0 radical (unpaired) electrons. The van der Waals surface area contributed by atoms with Gasteiger partial charge in [-0.15, -0.1) is 0 Å². The lowest BCUT2D eigenvalue weighted by Gasteiger charge is -2.62. The van der Waals surface area contributed by atoms with Crippen molar-refractivity contribution in [3.63, 3.8) is 0 Å². The van der Waals surface area contributed by atoms with Crippen molar-refractivity contribution in [1.82, 2.24) is 4.90 Å². The maximum absolute atomic E-state index is 11.6. The van der Waals surface area contributed by atoms with Crippen molar-refractivity contribution in [2.45, 2.75) is 51.5 Å². The van der Waals surface area contributed by atoms with E-state index in [0.717, 1.165) is 6.54 Å². The van der Waals surface area contributed by atoms with Gasteiger partial charge in [0.2, 0.25) is 0 Å². The van der Waals surface area contributed by atoms with Gasteiger partial charge in [0, 0.05) is 12.1 Å². The molecule has 1 fully saturated rings. The third kappa shape index (κ3) is 1.64. The standard InChI is InChI=1S/C11H23NO2Si/c1-8-7-12(10(2,3)4)11(8,9(13)14)15(5)6/h8,15H,7H2,1-6H3,(H,13,14)/t8-,11-/m0/s1. The van der Waals surface area contributed by atoms with Crippen LogP contribution in [-0.4, -0.2) is 42.0 Å². The summed E-state index contributed by atoms with van der Waals surface area (Å²) in [5, 5.41) is 9.02. The maximum Gasteiger partial charge on any atom is 0.320 e. The molecule has 0 amide bonds. The number of carboxylic acids is 1. The molecule has 1 rings (SSSR count). The van der Waals surface area contributed by atoms with Crippen molar-refractivity contribution in [3.05, 3.63) is 0 Å². The van der Waals surface area contributed by atoms with E-state index < -0.39 is 19.9 Å². The number of carboxylic acid groups (broad SMARTS) is 1. The summed E-state index contributed by atoms with van der Waals surface area (Å²) in [4.78, 5) is 13.8. The van der Waals surface area contributed by atoms with E-state index in [4.69, 9.17) is 0 Å². The van der Waals surface area contributed by atoms with Crippen molar-refractivity contribution >= 4 is 14.8 Å². The average molecular weight is 229 g/mol. The Balaban J connectivity index is 3.10. The van der Waals surface area contributed by atoms with E-state index in [1.54, 1.807) is 0 Å². The lowest BCUT2D eigenvalue weighted by molar-refractivity contribution is -0.168. The molecule has 1 heterocycles. The Labute approximate surface area is 94.1 Å². The molecule has 1 saturated heterocycles. The molecule has 0 aromatic heterocycles. The fraction of sp³-hybridized carbons (Fsp3) is 0.909. The van der Waals surface area contributed by atoms with Gasteiger partial charge in [0.15, 0.2) is 0 Å². The van der Waals surface area contributed by atoms with Crippen LogP contribution in [0.4, 0.5) is 0 Å². The first kappa shape index (κ1) is 12.7. The second kappa shape index (κ2) is 3.59. The average Bonchev–Trinajstić information content (AvgIpc) is 1.96. The number of aliphatic carboxylic acids is 1. The maximum atomic E-state index is 11.6. The summed E-state index contributed by atoms with van der Waals surface area (Å²) in [6.07, 6.45) is 0. The normalized spacial score (nSPS) is 32.9. The minimum absolute atomic E-state index is 0.0395. The summed E-state index contributed by atoms with van der Waals surface area (Å²) in [6.45, 7) is 13.6. The third-order valence-corrected chi connectivity index (χ3v) is 6.57. The van der Waals surface area contributed by atoms with Crippen LogP contribution < -0.4 is 0 Å². The summed E-state index contributed by atoms with van der Waals surface area (Å²) >= 11 is 0. The van der Waals surface area contributed by atoms with E-state index in [2.05, 4.69) is 45.7 Å². The molecule has 1 aliphatic heterocycles. The van der Waals surface area contributed by atoms with Crippen LogP contribution >= 0.6 is 0 Å². The van der Waals surface area contributed by atoms with Gasteiger partial charge in [0.25, 0.3) is 0 Å². The highest BCUT2D eigenvalue weighted by Crippen LogP contribution is 2.43. The van der Waals surface area contributed by atoms with Gasteiger partial charge >= 0.3 is 5.97 Å². The van der Waals surface area contributed by atoms with Crippen molar-refractivity contribution in [2.24, 2.45) is 5.92 Å². The minimum Gasteiger partial charge on any atom is -0.480 e. The molecule has 0 aromatic carbocycles. The smallest absolute Gasteiger partial charge is 0.320 e. The fourth-order valence-electron chi connectivity index (χ4n) is 3.00. The van der Waals surface area contributed by atoms with E-state index in [1.165, 1.54) is 0 Å². The van der Waals surface area contributed by atoms with Crippen LogP contribution in [0.2, 0.25) is 13.1 Å². The Morgan fingerprint density at radius 1 is 1.47 bits per heavy atom. The zero-order valence-corrected chi connectivity index (χ0v) is 11.8. The highest BCUT2D eigenvalue weighted by molar-refractivity contribution is 6.64. The number of likely N-dealkylation sites (tertiary alicyclic amines) is 1. The number of nitrogens with zero attached hydrogens (tertiary/aromatic N) is 1. The Morgan fingerprint density at radius 2 is 1.93 bits per heavy atom. The van der Waals surface area contributed by atoms with Crippen molar-refractivity contribution in [2.75, 3.05) is 6.54 Å². The van der Waals surface area contributed by atoms with E-state index in [9.17, 15) is 9.90 Å². The second-order valence-electron chi connectivity index (χ2n) is 5.97. The predicted octanol–water partition coefficient (Wildman–Crippen LogP) is 1.59. The number of hydrogen-bond donors (Lipinski definition) is 1. The topological polar surface area (TPSA) is 40.5 Å². The largest absolute Gasteiger partial charge is 0.480 e. The van der Waals surface area contributed by atoms with E-state index in [1.807, 2.05) is 0 Å². The Kier molecular flexibility index (Phi) is 3.05. The molecule has 0 unspecified atom stereocenters. The zero-order chi connectivity index (χ0) is 12.0. The molecule has 0 saturated carbocycles. The summed E-state index contributed by atoms with van der Waals surface area (Å²) in [6, 6.07) is 0. The molecule has 1 N–H and O–H groups in total. The van der Waals surface area contributed by atoms with Crippen LogP contribution in [0.25, 0.3) is 0 Å².